The first-order valence-corrected chi connectivity index (χ1v) is 5.01. The minimum absolute atomic E-state index is 0.104. The zero-order valence-corrected chi connectivity index (χ0v) is 9.30. The quantitative estimate of drug-likeness (QED) is 0.669. The van der Waals surface area contributed by atoms with Crippen molar-refractivity contribution in [2.75, 3.05) is 23.0 Å². The Kier molecular flexibility index (Phi) is 2.97. The van der Waals surface area contributed by atoms with Crippen molar-refractivity contribution in [2.45, 2.75) is 6.18 Å². The fraction of sp³-hybridized carbons (Fsp3) is 0.200. The average Bonchev–Trinajstić information content (AvgIpc) is 2.29. The van der Waals surface area contributed by atoms with E-state index >= 15 is 0 Å². The number of fused-ring (bicyclic) bond motifs is 1. The molecule has 1 heterocycles. The molecule has 2 rings (SSSR count). The SMILES string of the molecule is Nc1cc2c(cc1NC(=O)C(F)(F)F)NC(=O)CO2. The third-order valence-electron chi connectivity index (χ3n) is 2.29. The maximum absolute atomic E-state index is 12.1. The van der Waals surface area contributed by atoms with Crippen molar-refractivity contribution in [3.63, 3.8) is 0 Å². The van der Waals surface area contributed by atoms with Crippen molar-refractivity contribution < 1.29 is 27.5 Å². The highest BCUT2D eigenvalue weighted by Gasteiger charge is 2.39. The molecule has 1 aromatic carbocycles. The Bertz CT molecular complexity index is 557. The van der Waals surface area contributed by atoms with Crippen LogP contribution in [0.25, 0.3) is 0 Å². The Labute approximate surface area is 104 Å². The summed E-state index contributed by atoms with van der Waals surface area (Å²) < 4.78 is 41.4. The Morgan fingerprint density at radius 2 is 2.11 bits per heavy atom. The van der Waals surface area contributed by atoms with Crippen LogP contribution in [0, 0.1) is 0 Å². The van der Waals surface area contributed by atoms with E-state index in [4.69, 9.17) is 10.5 Å². The summed E-state index contributed by atoms with van der Waals surface area (Å²) in [5.74, 6) is -2.38. The van der Waals surface area contributed by atoms with Crippen LogP contribution < -0.4 is 21.1 Å². The molecule has 0 saturated carbocycles. The number of nitrogens with two attached hydrogens (primary N) is 1. The summed E-state index contributed by atoms with van der Waals surface area (Å²) >= 11 is 0. The van der Waals surface area contributed by atoms with E-state index in [0.717, 1.165) is 6.07 Å². The van der Waals surface area contributed by atoms with Crippen LogP contribution in [0.1, 0.15) is 0 Å². The average molecular weight is 275 g/mol. The molecular weight excluding hydrogens is 267 g/mol. The highest BCUT2D eigenvalue weighted by molar-refractivity contribution is 6.01. The van der Waals surface area contributed by atoms with Crippen LogP contribution in [0.3, 0.4) is 0 Å². The molecule has 0 fully saturated rings. The van der Waals surface area contributed by atoms with Crippen molar-refractivity contribution in [1.29, 1.82) is 0 Å². The van der Waals surface area contributed by atoms with E-state index in [1.54, 1.807) is 5.32 Å². The van der Waals surface area contributed by atoms with Gasteiger partial charge in [0.15, 0.2) is 6.61 Å². The lowest BCUT2D eigenvalue weighted by molar-refractivity contribution is -0.167. The summed E-state index contributed by atoms with van der Waals surface area (Å²) in [6.45, 7) is -0.208. The summed E-state index contributed by atoms with van der Waals surface area (Å²) in [6.07, 6.45) is -5.03. The molecule has 2 amide bonds. The van der Waals surface area contributed by atoms with Gasteiger partial charge in [0.2, 0.25) is 0 Å². The first kappa shape index (κ1) is 13.0. The number of anilines is 3. The van der Waals surface area contributed by atoms with Crippen LogP contribution in [0.2, 0.25) is 0 Å². The van der Waals surface area contributed by atoms with E-state index in [9.17, 15) is 22.8 Å². The number of hydrogen-bond donors (Lipinski definition) is 3. The molecule has 0 unspecified atom stereocenters. The molecule has 0 bridgehead atoms. The molecule has 0 radical (unpaired) electrons. The third-order valence-corrected chi connectivity index (χ3v) is 2.29. The van der Waals surface area contributed by atoms with E-state index in [0.29, 0.717) is 0 Å². The van der Waals surface area contributed by atoms with Gasteiger partial charge < -0.3 is 21.1 Å². The monoisotopic (exact) mass is 275 g/mol. The number of rotatable bonds is 1. The van der Waals surface area contributed by atoms with Crippen molar-refractivity contribution in [2.24, 2.45) is 0 Å². The number of alkyl halides is 3. The van der Waals surface area contributed by atoms with Crippen LogP contribution in [0.15, 0.2) is 12.1 Å². The van der Waals surface area contributed by atoms with E-state index in [1.165, 1.54) is 6.07 Å². The number of halogens is 3. The summed E-state index contributed by atoms with van der Waals surface area (Å²) in [4.78, 5) is 21.9. The van der Waals surface area contributed by atoms with Gasteiger partial charge in [0, 0.05) is 6.07 Å². The standard InChI is InChI=1S/C10H8F3N3O3/c11-10(12,13)9(18)16-5-2-6-7(1-4(5)14)19-3-8(17)15-6/h1-2H,3,14H2,(H,15,17)(H,16,18). The van der Waals surface area contributed by atoms with Gasteiger partial charge in [0.05, 0.1) is 17.1 Å². The van der Waals surface area contributed by atoms with Gasteiger partial charge in [0.25, 0.3) is 5.91 Å². The molecule has 0 saturated heterocycles. The second-order valence-corrected chi connectivity index (χ2v) is 3.72. The molecule has 9 heteroatoms. The highest BCUT2D eigenvalue weighted by Crippen LogP contribution is 2.35. The van der Waals surface area contributed by atoms with Crippen LogP contribution in [-0.4, -0.2) is 24.6 Å². The van der Waals surface area contributed by atoms with Gasteiger partial charge in [-0.1, -0.05) is 0 Å². The normalized spacial score (nSPS) is 14.2. The second-order valence-electron chi connectivity index (χ2n) is 3.72. The molecule has 102 valence electrons. The molecule has 1 aromatic rings. The number of hydrogen-bond acceptors (Lipinski definition) is 4. The zero-order valence-electron chi connectivity index (χ0n) is 9.30. The maximum atomic E-state index is 12.1. The molecule has 4 N–H and O–H groups in total. The maximum Gasteiger partial charge on any atom is 0.471 e. The molecule has 0 aliphatic carbocycles. The van der Waals surface area contributed by atoms with Crippen LogP contribution in [0.5, 0.6) is 5.75 Å². The van der Waals surface area contributed by atoms with Crippen LogP contribution >= 0.6 is 0 Å². The van der Waals surface area contributed by atoms with Gasteiger partial charge >= 0.3 is 12.1 Å². The molecule has 0 spiro atoms. The Morgan fingerprint density at radius 1 is 1.42 bits per heavy atom. The number of nitrogen functional groups attached to an aromatic ring is 1. The van der Waals surface area contributed by atoms with Crippen molar-refractivity contribution in [1.82, 2.24) is 0 Å². The van der Waals surface area contributed by atoms with E-state index in [-0.39, 0.29) is 29.4 Å². The lowest BCUT2D eigenvalue weighted by atomic mass is 10.2. The smallest absolute Gasteiger partial charge is 0.471 e. The molecule has 6 nitrogen and oxygen atoms in total. The van der Waals surface area contributed by atoms with Gasteiger partial charge in [-0.3, -0.25) is 9.59 Å². The van der Waals surface area contributed by atoms with Crippen LogP contribution in [0.4, 0.5) is 30.2 Å². The zero-order chi connectivity index (χ0) is 14.2. The van der Waals surface area contributed by atoms with Gasteiger partial charge in [-0.2, -0.15) is 13.2 Å². The van der Waals surface area contributed by atoms with Crippen molar-refractivity contribution in [3.8, 4) is 5.75 Å². The third kappa shape index (κ3) is 2.69. The lowest BCUT2D eigenvalue weighted by Gasteiger charge is -2.20. The summed E-state index contributed by atoms with van der Waals surface area (Å²) in [5, 5.41) is 4.01. The molecule has 1 aliphatic heterocycles. The number of nitrogens with one attached hydrogen (secondary N) is 2. The Morgan fingerprint density at radius 3 is 2.74 bits per heavy atom. The van der Waals surface area contributed by atoms with Gasteiger partial charge in [-0.25, -0.2) is 0 Å². The largest absolute Gasteiger partial charge is 0.482 e. The summed E-state index contributed by atoms with van der Waals surface area (Å²) in [7, 11) is 0. The predicted octanol–water partition coefficient (Wildman–Crippen LogP) is 1.10. The summed E-state index contributed by atoms with van der Waals surface area (Å²) in [5.41, 5.74) is 5.28. The molecule has 19 heavy (non-hydrogen) atoms. The minimum Gasteiger partial charge on any atom is -0.482 e. The second kappa shape index (κ2) is 4.34. The number of carbonyl (C=O) groups is 2. The summed E-state index contributed by atoms with van der Waals surface area (Å²) in [6, 6.07) is 2.33. The topological polar surface area (TPSA) is 93.5 Å². The van der Waals surface area contributed by atoms with Crippen molar-refractivity contribution in [3.05, 3.63) is 12.1 Å². The fourth-order valence-corrected chi connectivity index (χ4v) is 1.44. The fourth-order valence-electron chi connectivity index (χ4n) is 1.44. The lowest BCUT2D eigenvalue weighted by Crippen LogP contribution is -2.30. The van der Waals surface area contributed by atoms with Crippen molar-refractivity contribution >= 4 is 28.9 Å². The minimum atomic E-state index is -5.03. The first-order valence-electron chi connectivity index (χ1n) is 5.01. The van der Waals surface area contributed by atoms with E-state index in [2.05, 4.69) is 5.32 Å². The van der Waals surface area contributed by atoms with E-state index < -0.39 is 18.0 Å². The highest BCUT2D eigenvalue weighted by atomic mass is 19.4. The van der Waals surface area contributed by atoms with E-state index in [1.807, 2.05) is 0 Å². The molecule has 0 aromatic heterocycles. The van der Waals surface area contributed by atoms with Crippen LogP contribution in [-0.2, 0) is 9.59 Å². The number of ether oxygens (including phenoxy) is 1. The molecular formula is C10H8F3N3O3. The first-order chi connectivity index (χ1) is 8.77. The Hall–Kier alpha value is -2.45. The number of carbonyl (C=O) groups excluding carboxylic acids is 2. The van der Waals surface area contributed by atoms with Gasteiger partial charge in [0.1, 0.15) is 5.75 Å². The Balaban J connectivity index is 2.30. The number of amides is 2. The predicted molar refractivity (Wildman–Crippen MR) is 59.7 cm³/mol. The molecule has 1 aliphatic rings. The number of benzene rings is 1. The van der Waals surface area contributed by atoms with Gasteiger partial charge in [-0.05, 0) is 6.07 Å². The van der Waals surface area contributed by atoms with Gasteiger partial charge in [-0.15, -0.1) is 0 Å². The molecule has 0 atom stereocenters.